The Kier molecular flexibility index (Phi) is 5.76. The van der Waals surface area contributed by atoms with Gasteiger partial charge >= 0.3 is 0 Å². The summed E-state index contributed by atoms with van der Waals surface area (Å²) in [6, 6.07) is -0.457. The molecule has 0 aromatic carbocycles. The molecule has 4 nitrogen and oxygen atoms in total. The van der Waals surface area contributed by atoms with Gasteiger partial charge in [0, 0.05) is 6.42 Å². The van der Waals surface area contributed by atoms with Crippen molar-refractivity contribution in [3.63, 3.8) is 0 Å². The topological polar surface area (TPSA) is 63.2 Å². The zero-order chi connectivity index (χ0) is 11.1. The van der Waals surface area contributed by atoms with E-state index in [0.717, 1.165) is 0 Å². The van der Waals surface area contributed by atoms with E-state index in [1.54, 1.807) is 0 Å². The van der Waals surface area contributed by atoms with Gasteiger partial charge in [-0.1, -0.05) is 6.92 Å². The highest BCUT2D eigenvalue weighted by Crippen LogP contribution is 2.11. The van der Waals surface area contributed by atoms with Crippen LogP contribution in [0.2, 0.25) is 0 Å². The smallest absolute Gasteiger partial charge is 0.207 e. The standard InChI is InChI=1S/C10H17NO3/c1-7(4-8(2)13)5-10(9(3)14)11-6-12/h6-7,10H,4-5H2,1-3H3,(H,11,12)/t7?,10-/m0/s1. The molecule has 1 N–H and O–H groups in total. The molecule has 1 unspecified atom stereocenters. The van der Waals surface area contributed by atoms with E-state index in [0.29, 0.717) is 19.3 Å². The summed E-state index contributed by atoms with van der Waals surface area (Å²) in [7, 11) is 0. The van der Waals surface area contributed by atoms with Crippen LogP contribution in [0.15, 0.2) is 0 Å². The Bertz CT molecular complexity index is 225. The van der Waals surface area contributed by atoms with Crippen LogP contribution in [0.25, 0.3) is 0 Å². The van der Waals surface area contributed by atoms with E-state index in [1.165, 1.54) is 13.8 Å². The van der Waals surface area contributed by atoms with Crippen LogP contribution in [0.1, 0.15) is 33.6 Å². The second-order valence-electron chi connectivity index (χ2n) is 3.69. The fraction of sp³-hybridized carbons (Fsp3) is 0.700. The Labute approximate surface area is 84.1 Å². The minimum atomic E-state index is -0.457. The van der Waals surface area contributed by atoms with Gasteiger partial charge in [0.15, 0.2) is 5.78 Å². The van der Waals surface area contributed by atoms with Gasteiger partial charge in [-0.25, -0.2) is 0 Å². The van der Waals surface area contributed by atoms with E-state index in [1.807, 2.05) is 6.92 Å². The van der Waals surface area contributed by atoms with Gasteiger partial charge in [-0.3, -0.25) is 9.59 Å². The summed E-state index contributed by atoms with van der Waals surface area (Å²) in [6.45, 7) is 4.85. The van der Waals surface area contributed by atoms with Gasteiger partial charge in [0.1, 0.15) is 5.78 Å². The Hall–Kier alpha value is -1.19. The Morgan fingerprint density at radius 1 is 1.36 bits per heavy atom. The summed E-state index contributed by atoms with van der Waals surface area (Å²) in [5.41, 5.74) is 0. The number of carbonyl (C=O) groups is 3. The number of carbonyl (C=O) groups excluding carboxylic acids is 3. The van der Waals surface area contributed by atoms with Crippen LogP contribution in [0.3, 0.4) is 0 Å². The van der Waals surface area contributed by atoms with Crippen molar-refractivity contribution in [3.05, 3.63) is 0 Å². The van der Waals surface area contributed by atoms with Crippen molar-refractivity contribution in [2.45, 2.75) is 39.7 Å². The van der Waals surface area contributed by atoms with E-state index in [-0.39, 0.29) is 17.5 Å². The Morgan fingerprint density at radius 2 is 1.93 bits per heavy atom. The van der Waals surface area contributed by atoms with E-state index in [9.17, 15) is 14.4 Å². The highest BCUT2D eigenvalue weighted by Gasteiger charge is 2.17. The molecular formula is C10H17NO3. The maximum absolute atomic E-state index is 11.0. The van der Waals surface area contributed by atoms with Gasteiger partial charge in [-0.05, 0) is 26.2 Å². The average Bonchev–Trinajstić information content (AvgIpc) is 2.01. The largest absolute Gasteiger partial charge is 0.349 e. The third-order valence-electron chi connectivity index (χ3n) is 2.03. The molecule has 0 aromatic heterocycles. The van der Waals surface area contributed by atoms with Crippen LogP contribution >= 0.6 is 0 Å². The number of hydrogen-bond acceptors (Lipinski definition) is 3. The first-order valence-electron chi connectivity index (χ1n) is 4.67. The monoisotopic (exact) mass is 199 g/mol. The highest BCUT2D eigenvalue weighted by atomic mass is 16.1. The first-order valence-corrected chi connectivity index (χ1v) is 4.67. The maximum atomic E-state index is 11.0. The van der Waals surface area contributed by atoms with Crippen LogP contribution in [-0.2, 0) is 14.4 Å². The number of amides is 1. The SMILES string of the molecule is CC(=O)CC(C)C[C@H](NC=O)C(C)=O. The van der Waals surface area contributed by atoms with E-state index >= 15 is 0 Å². The molecule has 0 saturated heterocycles. The minimum absolute atomic E-state index is 0.0764. The third kappa shape index (κ3) is 5.45. The summed E-state index contributed by atoms with van der Waals surface area (Å²) in [5, 5.41) is 2.44. The van der Waals surface area contributed by atoms with Crippen molar-refractivity contribution < 1.29 is 14.4 Å². The van der Waals surface area contributed by atoms with Gasteiger partial charge in [0.2, 0.25) is 6.41 Å². The molecule has 0 heterocycles. The number of rotatable bonds is 7. The second-order valence-corrected chi connectivity index (χ2v) is 3.69. The molecule has 0 aliphatic rings. The summed E-state index contributed by atoms with van der Waals surface area (Å²) in [6.07, 6.45) is 1.49. The Morgan fingerprint density at radius 3 is 2.29 bits per heavy atom. The van der Waals surface area contributed by atoms with Crippen LogP contribution in [-0.4, -0.2) is 24.0 Å². The molecule has 0 rings (SSSR count). The number of ketones is 2. The predicted molar refractivity (Wildman–Crippen MR) is 52.7 cm³/mol. The molecule has 2 atom stereocenters. The lowest BCUT2D eigenvalue weighted by Crippen LogP contribution is -2.36. The molecule has 0 aromatic rings. The molecule has 1 amide bonds. The lowest BCUT2D eigenvalue weighted by molar-refractivity contribution is -0.122. The van der Waals surface area contributed by atoms with E-state index in [2.05, 4.69) is 5.32 Å². The molecule has 0 aliphatic heterocycles. The molecule has 0 spiro atoms. The molecule has 0 saturated carbocycles. The zero-order valence-corrected chi connectivity index (χ0v) is 8.87. The fourth-order valence-electron chi connectivity index (χ4n) is 1.41. The molecule has 80 valence electrons. The lowest BCUT2D eigenvalue weighted by Gasteiger charge is -2.16. The van der Waals surface area contributed by atoms with E-state index in [4.69, 9.17) is 0 Å². The van der Waals surface area contributed by atoms with Crippen molar-refractivity contribution in [1.29, 1.82) is 0 Å². The summed E-state index contributed by atoms with van der Waals surface area (Å²) < 4.78 is 0. The van der Waals surface area contributed by atoms with Crippen molar-refractivity contribution in [3.8, 4) is 0 Å². The Balaban J connectivity index is 4.08. The van der Waals surface area contributed by atoms with Crippen molar-refractivity contribution in [2.24, 2.45) is 5.92 Å². The molecule has 4 heteroatoms. The van der Waals surface area contributed by atoms with Crippen LogP contribution in [0, 0.1) is 5.92 Å². The fourth-order valence-corrected chi connectivity index (χ4v) is 1.41. The van der Waals surface area contributed by atoms with Crippen LogP contribution < -0.4 is 5.32 Å². The number of Topliss-reactive ketones (excluding diaryl/α,β-unsaturated/α-hetero) is 2. The molecule has 0 fully saturated rings. The van der Waals surface area contributed by atoms with Gasteiger partial charge in [-0.15, -0.1) is 0 Å². The second kappa shape index (κ2) is 6.29. The first kappa shape index (κ1) is 12.8. The van der Waals surface area contributed by atoms with E-state index < -0.39 is 6.04 Å². The molecular weight excluding hydrogens is 182 g/mol. The third-order valence-corrected chi connectivity index (χ3v) is 2.03. The summed E-state index contributed by atoms with van der Waals surface area (Å²) in [4.78, 5) is 32.0. The highest BCUT2D eigenvalue weighted by molar-refractivity contribution is 5.83. The molecule has 0 aliphatic carbocycles. The van der Waals surface area contributed by atoms with Gasteiger partial charge in [0.05, 0.1) is 6.04 Å². The van der Waals surface area contributed by atoms with Gasteiger partial charge in [0.25, 0.3) is 0 Å². The normalized spacial score (nSPS) is 14.2. The van der Waals surface area contributed by atoms with Crippen molar-refractivity contribution >= 4 is 18.0 Å². The summed E-state index contributed by atoms with van der Waals surface area (Å²) >= 11 is 0. The molecule has 0 bridgehead atoms. The van der Waals surface area contributed by atoms with Gasteiger partial charge < -0.3 is 10.1 Å². The lowest BCUT2D eigenvalue weighted by atomic mass is 9.95. The average molecular weight is 199 g/mol. The number of nitrogens with one attached hydrogen (secondary N) is 1. The minimum Gasteiger partial charge on any atom is -0.349 e. The van der Waals surface area contributed by atoms with Crippen molar-refractivity contribution in [2.75, 3.05) is 0 Å². The van der Waals surface area contributed by atoms with Gasteiger partial charge in [-0.2, -0.15) is 0 Å². The predicted octanol–water partition coefficient (Wildman–Crippen LogP) is 0.695. The van der Waals surface area contributed by atoms with Crippen molar-refractivity contribution in [1.82, 2.24) is 5.32 Å². The molecule has 0 radical (unpaired) electrons. The van der Waals surface area contributed by atoms with Crippen LogP contribution in [0.4, 0.5) is 0 Å². The zero-order valence-electron chi connectivity index (χ0n) is 8.87. The van der Waals surface area contributed by atoms with Crippen LogP contribution in [0.5, 0.6) is 0 Å². The molecule has 14 heavy (non-hydrogen) atoms. The maximum Gasteiger partial charge on any atom is 0.207 e. The quantitative estimate of drug-likeness (QED) is 0.614. The number of hydrogen-bond donors (Lipinski definition) is 1. The first-order chi connectivity index (χ1) is 6.47. The summed E-state index contributed by atoms with van der Waals surface area (Å²) in [5.74, 6) is 0.146.